The smallest absolute Gasteiger partial charge is 0.0848 e. The Kier molecular flexibility index (Phi) is 2.51. The first-order valence-corrected chi connectivity index (χ1v) is 3.83. The van der Waals surface area contributed by atoms with Crippen molar-refractivity contribution >= 4 is 0 Å². The number of hydrogen-bond donors (Lipinski definition) is 0. The fraction of sp³-hybridized carbons (Fsp3) is 1.00. The van der Waals surface area contributed by atoms with Gasteiger partial charge in [-0.3, -0.25) is 0 Å². The van der Waals surface area contributed by atoms with Crippen molar-refractivity contribution < 1.29 is 4.97 Å². The molecule has 11 heavy (non-hydrogen) atoms. The van der Waals surface area contributed by atoms with Crippen LogP contribution in [0.3, 0.4) is 0 Å². The molecule has 0 aromatic rings. The Morgan fingerprint density at radius 2 is 2.27 bits per heavy atom. The van der Waals surface area contributed by atoms with Crippen LogP contribution in [0.5, 0.6) is 0 Å². The van der Waals surface area contributed by atoms with Crippen LogP contribution in [0.15, 0.2) is 5.28 Å². The van der Waals surface area contributed by atoms with Crippen LogP contribution in [-0.2, 0) is 0 Å². The van der Waals surface area contributed by atoms with E-state index in [2.05, 4.69) is 5.28 Å². The lowest BCUT2D eigenvalue weighted by molar-refractivity contribution is -0.700. The van der Waals surface area contributed by atoms with Gasteiger partial charge in [-0.1, -0.05) is 0 Å². The van der Waals surface area contributed by atoms with Gasteiger partial charge in [-0.2, -0.15) is 0 Å². The average molecular weight is 158 g/mol. The molecule has 0 aliphatic carbocycles. The highest BCUT2D eigenvalue weighted by Gasteiger charge is 2.23. The number of hydrogen-bond acceptors (Lipinski definition) is 3. The highest BCUT2D eigenvalue weighted by Crippen LogP contribution is 2.15. The molecule has 1 rings (SSSR count). The molecule has 0 saturated carbocycles. The molecule has 1 aliphatic rings. The van der Waals surface area contributed by atoms with E-state index in [0.29, 0.717) is 6.54 Å². The minimum atomic E-state index is 0.152. The van der Waals surface area contributed by atoms with E-state index >= 15 is 0 Å². The monoisotopic (exact) mass is 158 g/mol. The van der Waals surface area contributed by atoms with Gasteiger partial charge in [0, 0.05) is 4.97 Å². The van der Waals surface area contributed by atoms with Gasteiger partial charge in [0.2, 0.25) is 0 Å². The van der Waals surface area contributed by atoms with Crippen molar-refractivity contribution in [3.63, 3.8) is 0 Å². The molecule has 1 aliphatic heterocycles. The summed E-state index contributed by atoms with van der Waals surface area (Å²) < 4.78 is 0. The number of rotatable bonds is 1. The van der Waals surface area contributed by atoms with E-state index in [0.717, 1.165) is 19.3 Å². The minimum absolute atomic E-state index is 0.152. The summed E-state index contributed by atoms with van der Waals surface area (Å²) in [7, 11) is 0. The Morgan fingerprint density at radius 1 is 1.55 bits per heavy atom. The fourth-order valence-corrected chi connectivity index (χ4v) is 1.38. The predicted octanol–water partition coefficient (Wildman–Crippen LogP) is 1.24. The third-order valence-corrected chi connectivity index (χ3v) is 2.06. The van der Waals surface area contributed by atoms with Gasteiger partial charge >= 0.3 is 0 Å². The summed E-state index contributed by atoms with van der Waals surface area (Å²) in [6, 6.07) is 0.152. The Balaban J connectivity index is 2.54. The van der Waals surface area contributed by atoms with Crippen LogP contribution in [0.2, 0.25) is 0 Å². The van der Waals surface area contributed by atoms with E-state index in [-0.39, 0.29) is 11.0 Å². The highest BCUT2D eigenvalue weighted by molar-refractivity contribution is 4.65. The molecule has 0 radical (unpaired) electrons. The molecule has 5 nitrogen and oxygen atoms in total. The molecule has 1 fully saturated rings. The zero-order valence-electron chi connectivity index (χ0n) is 6.56. The summed E-state index contributed by atoms with van der Waals surface area (Å²) in [4.78, 5) is 0.157. The van der Waals surface area contributed by atoms with Crippen molar-refractivity contribution in [2.45, 2.75) is 32.2 Å². The lowest BCUT2D eigenvalue weighted by atomic mass is 10.1. The predicted molar refractivity (Wildman–Crippen MR) is 39.4 cm³/mol. The van der Waals surface area contributed by atoms with Gasteiger partial charge in [0.05, 0.1) is 12.6 Å². The van der Waals surface area contributed by atoms with E-state index in [4.69, 9.17) is 0 Å². The van der Waals surface area contributed by atoms with Gasteiger partial charge in [-0.25, -0.2) is 0 Å². The molecule has 1 heterocycles. The molecule has 0 spiro atoms. The molecule has 0 amide bonds. The molecule has 1 saturated heterocycles. The van der Waals surface area contributed by atoms with Crippen LogP contribution in [0.1, 0.15) is 26.2 Å². The third kappa shape index (κ3) is 1.72. The zero-order valence-corrected chi connectivity index (χ0v) is 6.56. The first-order valence-electron chi connectivity index (χ1n) is 3.83. The van der Waals surface area contributed by atoms with E-state index in [9.17, 15) is 10.4 Å². The van der Waals surface area contributed by atoms with Crippen molar-refractivity contribution in [1.82, 2.24) is 5.01 Å². The van der Waals surface area contributed by atoms with E-state index in [1.807, 2.05) is 6.92 Å². The number of piperidine rings is 1. The van der Waals surface area contributed by atoms with Crippen molar-refractivity contribution in [2.24, 2.45) is 5.28 Å². The van der Waals surface area contributed by atoms with Crippen LogP contribution in [0.4, 0.5) is 0 Å². The van der Waals surface area contributed by atoms with Crippen LogP contribution >= 0.6 is 0 Å². The summed E-state index contributed by atoms with van der Waals surface area (Å²) in [6.45, 7) is 2.58. The third-order valence-electron chi connectivity index (χ3n) is 2.06. The zero-order chi connectivity index (χ0) is 8.27. The van der Waals surface area contributed by atoms with Crippen LogP contribution in [-0.4, -0.2) is 22.6 Å². The van der Waals surface area contributed by atoms with Crippen LogP contribution in [0.25, 0.3) is 0 Å². The summed E-state index contributed by atoms with van der Waals surface area (Å²) >= 11 is 0. The average Bonchev–Trinajstić information content (AvgIpc) is 2.04. The lowest BCUT2D eigenvalue weighted by Crippen LogP contribution is -2.41. The first kappa shape index (κ1) is 8.10. The van der Waals surface area contributed by atoms with Crippen molar-refractivity contribution in [1.29, 1.82) is 0 Å². The van der Waals surface area contributed by atoms with E-state index < -0.39 is 0 Å². The summed E-state index contributed by atoms with van der Waals surface area (Å²) in [6.07, 6.45) is 3.07. The maximum Gasteiger partial charge on any atom is 0.0848 e. The molecule has 1 atom stereocenters. The number of hydrazine groups is 1. The van der Waals surface area contributed by atoms with Gasteiger partial charge in [0.1, 0.15) is 0 Å². The molecule has 5 heteroatoms. The second kappa shape index (κ2) is 3.41. The minimum Gasteiger partial charge on any atom is -0.737 e. The van der Waals surface area contributed by atoms with E-state index in [1.165, 1.54) is 5.01 Å². The maximum atomic E-state index is 10.7. The quantitative estimate of drug-likeness (QED) is 0.327. The number of nitrogens with zero attached hydrogens (tertiary/aromatic N) is 3. The van der Waals surface area contributed by atoms with Crippen molar-refractivity contribution in [3.8, 4) is 0 Å². The molecule has 0 bridgehead atoms. The topological polar surface area (TPSA) is 64.7 Å². The lowest BCUT2D eigenvalue weighted by Gasteiger charge is -2.29. The molecule has 0 aromatic carbocycles. The summed E-state index contributed by atoms with van der Waals surface area (Å²) in [5.74, 6) is 0. The van der Waals surface area contributed by atoms with E-state index in [1.54, 1.807) is 0 Å². The fourth-order valence-electron chi connectivity index (χ4n) is 1.38. The van der Waals surface area contributed by atoms with Crippen LogP contribution in [0, 0.1) is 10.4 Å². The Morgan fingerprint density at radius 3 is 2.82 bits per heavy atom. The Hall–Kier alpha value is -1.00. The van der Waals surface area contributed by atoms with Gasteiger partial charge in [-0.15, -0.1) is 5.01 Å². The highest BCUT2D eigenvalue weighted by atomic mass is 16.6. The molecule has 0 aromatic heterocycles. The second-order valence-electron chi connectivity index (χ2n) is 2.84. The van der Waals surface area contributed by atoms with Gasteiger partial charge in [0.15, 0.2) is 0 Å². The van der Waals surface area contributed by atoms with Gasteiger partial charge < -0.3 is 10.4 Å². The molecule has 64 valence electrons. The molecular weight excluding hydrogens is 146 g/mol. The largest absolute Gasteiger partial charge is 0.737 e. The molecule has 1 unspecified atom stereocenters. The van der Waals surface area contributed by atoms with Gasteiger partial charge in [-0.05, 0) is 31.5 Å². The van der Waals surface area contributed by atoms with Gasteiger partial charge in [0.25, 0.3) is 0 Å². The SMILES string of the molecule is CC1CCCCN1/[N+]([O-])=N\[O-]. The maximum absolute atomic E-state index is 10.7. The van der Waals surface area contributed by atoms with Crippen LogP contribution < -0.4 is 0 Å². The normalized spacial score (nSPS) is 27.2. The molecule has 0 N–H and O–H groups in total. The summed E-state index contributed by atoms with van der Waals surface area (Å²) in [5, 5.41) is 24.4. The molecular formula is C6H12N3O2-. The summed E-state index contributed by atoms with van der Waals surface area (Å²) in [5.41, 5.74) is 0. The first-order chi connectivity index (χ1) is 5.25. The Labute approximate surface area is 65.4 Å². The standard InChI is InChI=1S/C6H13N3O2/c1-6-4-2-3-5-8(6)9(11)7-10/h6,10H,2-5H2,1H3/p-1/b9-7+. The van der Waals surface area contributed by atoms with Crippen molar-refractivity contribution in [3.05, 3.63) is 10.4 Å². The Bertz CT molecular complexity index is 160. The second-order valence-corrected chi connectivity index (χ2v) is 2.84. The van der Waals surface area contributed by atoms with Crippen molar-refractivity contribution in [2.75, 3.05) is 6.54 Å².